The fraction of sp³-hybridized carbons (Fsp3) is 0.400. The first kappa shape index (κ1) is 19.1. The maximum absolute atomic E-state index is 12.7. The molecular formula is C20H24N6O3. The lowest BCUT2D eigenvalue weighted by atomic mass is 10.1. The van der Waals surface area contributed by atoms with Gasteiger partial charge in [-0.05, 0) is 61.5 Å². The van der Waals surface area contributed by atoms with E-state index in [1.165, 1.54) is 30.3 Å². The third-order valence-corrected chi connectivity index (χ3v) is 5.20. The second-order valence-electron chi connectivity index (χ2n) is 7.10. The Hall–Kier alpha value is -3.20. The Labute approximate surface area is 168 Å². The van der Waals surface area contributed by atoms with Crippen LogP contribution in [0.4, 0.5) is 5.69 Å². The number of hydrogen-bond acceptors (Lipinski definition) is 7. The number of piperidine rings is 1. The molecule has 0 aliphatic carbocycles. The summed E-state index contributed by atoms with van der Waals surface area (Å²) >= 11 is 0. The Bertz CT molecular complexity index is 963. The number of likely N-dealkylation sites (tertiary alicyclic amines) is 1. The summed E-state index contributed by atoms with van der Waals surface area (Å²) in [6.07, 6.45) is 5.17. The lowest BCUT2D eigenvalue weighted by Gasteiger charge is -2.31. The molecule has 1 saturated heterocycles. The second-order valence-corrected chi connectivity index (χ2v) is 7.10. The number of carbonyl (C=O) groups is 1. The predicted octanol–water partition coefficient (Wildman–Crippen LogP) is 3.06. The van der Waals surface area contributed by atoms with Crippen molar-refractivity contribution in [2.24, 2.45) is 0 Å². The van der Waals surface area contributed by atoms with Crippen molar-refractivity contribution in [1.29, 1.82) is 0 Å². The normalized spacial score (nSPS) is 15.8. The highest BCUT2D eigenvalue weighted by Gasteiger charge is 2.22. The molecule has 1 amide bonds. The molecule has 1 atom stereocenters. The molecule has 29 heavy (non-hydrogen) atoms. The quantitative estimate of drug-likeness (QED) is 0.684. The molecule has 1 fully saturated rings. The van der Waals surface area contributed by atoms with Crippen molar-refractivity contribution in [3.8, 4) is 11.4 Å². The summed E-state index contributed by atoms with van der Waals surface area (Å²) in [6.45, 7) is 4.24. The molecule has 4 rings (SSSR count). The number of methoxy groups -OCH3 is 1. The van der Waals surface area contributed by atoms with Crippen LogP contribution in [0.3, 0.4) is 0 Å². The van der Waals surface area contributed by atoms with Gasteiger partial charge in [-0.2, -0.15) is 0 Å². The summed E-state index contributed by atoms with van der Waals surface area (Å²) in [5, 5.41) is 14.0. The Morgan fingerprint density at radius 2 is 2.03 bits per heavy atom. The van der Waals surface area contributed by atoms with Crippen LogP contribution in [0.5, 0.6) is 5.75 Å². The molecule has 2 aromatic heterocycles. The lowest BCUT2D eigenvalue weighted by molar-refractivity contribution is 0.0987. The molecule has 1 aliphatic heterocycles. The third kappa shape index (κ3) is 4.29. The van der Waals surface area contributed by atoms with Gasteiger partial charge in [0, 0.05) is 17.8 Å². The first-order valence-corrected chi connectivity index (χ1v) is 9.71. The first-order chi connectivity index (χ1) is 14.1. The highest BCUT2D eigenvalue weighted by atomic mass is 16.5. The summed E-state index contributed by atoms with van der Waals surface area (Å²) in [6, 6.07) is 9.01. The fourth-order valence-electron chi connectivity index (χ4n) is 3.56. The Balaban J connectivity index is 1.49. The van der Waals surface area contributed by atoms with E-state index in [4.69, 9.17) is 9.15 Å². The number of nitrogens with one attached hydrogen (secondary N) is 1. The minimum Gasteiger partial charge on any atom is -0.497 e. The van der Waals surface area contributed by atoms with Gasteiger partial charge in [0.05, 0.1) is 18.8 Å². The van der Waals surface area contributed by atoms with E-state index in [0.29, 0.717) is 17.1 Å². The maximum Gasteiger partial charge on any atom is 0.291 e. The molecule has 1 N–H and O–H groups in total. The zero-order valence-electron chi connectivity index (χ0n) is 16.5. The standard InChI is InChI=1S/C20H24N6O3/c1-14(25-8-4-3-5-9-25)18-6-7-19(29-18)20(27)22-15-10-16(12-17(11-15)28-2)26-13-21-23-24-26/h6-7,10-14H,3-5,8-9H2,1-2H3,(H,22,27). The fourth-order valence-corrected chi connectivity index (χ4v) is 3.56. The number of benzene rings is 1. The third-order valence-electron chi connectivity index (χ3n) is 5.20. The second kappa shape index (κ2) is 8.44. The Kier molecular flexibility index (Phi) is 5.57. The van der Waals surface area contributed by atoms with Gasteiger partial charge in [0.2, 0.25) is 0 Å². The van der Waals surface area contributed by atoms with Crippen LogP contribution in [-0.2, 0) is 0 Å². The Morgan fingerprint density at radius 3 is 2.76 bits per heavy atom. The lowest BCUT2D eigenvalue weighted by Crippen LogP contribution is -2.32. The molecule has 0 spiro atoms. The van der Waals surface area contributed by atoms with Crippen molar-refractivity contribution in [2.75, 3.05) is 25.5 Å². The van der Waals surface area contributed by atoms with Crippen LogP contribution in [0.2, 0.25) is 0 Å². The minimum atomic E-state index is -0.321. The summed E-state index contributed by atoms with van der Waals surface area (Å²) in [5.41, 5.74) is 1.23. The molecule has 3 aromatic rings. The van der Waals surface area contributed by atoms with E-state index in [0.717, 1.165) is 18.8 Å². The summed E-state index contributed by atoms with van der Waals surface area (Å²) in [5.74, 6) is 1.33. The van der Waals surface area contributed by atoms with Gasteiger partial charge in [0.25, 0.3) is 5.91 Å². The van der Waals surface area contributed by atoms with Gasteiger partial charge in [-0.1, -0.05) is 6.42 Å². The molecule has 0 bridgehead atoms. The summed E-state index contributed by atoms with van der Waals surface area (Å²) in [4.78, 5) is 15.1. The summed E-state index contributed by atoms with van der Waals surface area (Å²) in [7, 11) is 1.56. The van der Waals surface area contributed by atoms with Gasteiger partial charge >= 0.3 is 0 Å². The van der Waals surface area contributed by atoms with Crippen LogP contribution < -0.4 is 10.1 Å². The van der Waals surface area contributed by atoms with Crippen LogP contribution >= 0.6 is 0 Å². The van der Waals surface area contributed by atoms with Gasteiger partial charge in [-0.15, -0.1) is 5.10 Å². The topological polar surface area (TPSA) is 98.3 Å². The molecule has 1 aromatic carbocycles. The van der Waals surface area contributed by atoms with E-state index in [9.17, 15) is 4.79 Å². The SMILES string of the molecule is COc1cc(NC(=O)c2ccc(C(C)N3CCCCC3)o2)cc(-n2cnnn2)c1. The molecule has 9 heteroatoms. The molecule has 3 heterocycles. The number of anilines is 1. The zero-order chi connectivity index (χ0) is 20.2. The van der Waals surface area contributed by atoms with Crippen molar-refractivity contribution < 1.29 is 13.9 Å². The van der Waals surface area contributed by atoms with E-state index >= 15 is 0 Å². The summed E-state index contributed by atoms with van der Waals surface area (Å²) < 4.78 is 12.7. The van der Waals surface area contributed by atoms with Gasteiger partial charge < -0.3 is 14.5 Å². The maximum atomic E-state index is 12.7. The molecule has 9 nitrogen and oxygen atoms in total. The molecule has 1 unspecified atom stereocenters. The molecule has 1 aliphatic rings. The number of furan rings is 1. The van der Waals surface area contributed by atoms with E-state index in [1.807, 2.05) is 6.07 Å². The number of aromatic nitrogens is 4. The van der Waals surface area contributed by atoms with Crippen molar-refractivity contribution in [1.82, 2.24) is 25.1 Å². The van der Waals surface area contributed by atoms with Gasteiger partial charge in [0.15, 0.2) is 5.76 Å². The largest absolute Gasteiger partial charge is 0.497 e. The zero-order valence-corrected chi connectivity index (χ0v) is 16.5. The van der Waals surface area contributed by atoms with E-state index in [2.05, 4.69) is 32.7 Å². The number of rotatable bonds is 6. The molecule has 0 saturated carbocycles. The van der Waals surface area contributed by atoms with Crippen LogP contribution in [-0.4, -0.2) is 51.2 Å². The van der Waals surface area contributed by atoms with Crippen molar-refractivity contribution in [2.45, 2.75) is 32.2 Å². The number of hydrogen-bond donors (Lipinski definition) is 1. The average molecular weight is 396 g/mol. The van der Waals surface area contributed by atoms with Crippen molar-refractivity contribution in [3.63, 3.8) is 0 Å². The van der Waals surface area contributed by atoms with E-state index in [-0.39, 0.29) is 17.7 Å². The van der Waals surface area contributed by atoms with Crippen LogP contribution in [0.1, 0.15) is 48.5 Å². The van der Waals surface area contributed by atoms with E-state index < -0.39 is 0 Å². The highest BCUT2D eigenvalue weighted by molar-refractivity contribution is 6.02. The van der Waals surface area contributed by atoms with Crippen molar-refractivity contribution in [3.05, 3.63) is 48.2 Å². The van der Waals surface area contributed by atoms with Gasteiger partial charge in [-0.3, -0.25) is 9.69 Å². The van der Waals surface area contributed by atoms with Crippen LogP contribution in [0.15, 0.2) is 41.1 Å². The predicted molar refractivity (Wildman–Crippen MR) is 106 cm³/mol. The highest BCUT2D eigenvalue weighted by Crippen LogP contribution is 2.27. The molecule has 152 valence electrons. The molecular weight excluding hydrogens is 372 g/mol. The number of nitrogens with zero attached hydrogens (tertiary/aromatic N) is 5. The number of carbonyl (C=O) groups excluding carboxylic acids is 1. The minimum absolute atomic E-state index is 0.153. The monoisotopic (exact) mass is 396 g/mol. The van der Waals surface area contributed by atoms with Gasteiger partial charge in [-0.25, -0.2) is 4.68 Å². The van der Waals surface area contributed by atoms with Crippen molar-refractivity contribution >= 4 is 11.6 Å². The molecule has 0 radical (unpaired) electrons. The first-order valence-electron chi connectivity index (χ1n) is 9.71. The number of amides is 1. The smallest absolute Gasteiger partial charge is 0.291 e. The average Bonchev–Trinajstić information content (AvgIpc) is 3.46. The van der Waals surface area contributed by atoms with Gasteiger partial charge in [0.1, 0.15) is 17.8 Å². The van der Waals surface area contributed by atoms with Crippen LogP contribution in [0.25, 0.3) is 5.69 Å². The number of tetrazole rings is 1. The Morgan fingerprint density at radius 1 is 1.21 bits per heavy atom. The number of ether oxygens (including phenoxy) is 1. The van der Waals surface area contributed by atoms with Crippen LogP contribution in [0, 0.1) is 0 Å². The van der Waals surface area contributed by atoms with E-state index in [1.54, 1.807) is 31.4 Å².